The van der Waals surface area contributed by atoms with Crippen LogP contribution in [-0.2, 0) is 4.79 Å². The first-order valence-corrected chi connectivity index (χ1v) is 7.64. The molecule has 0 aliphatic carbocycles. The van der Waals surface area contributed by atoms with E-state index in [0.29, 0.717) is 4.88 Å². The van der Waals surface area contributed by atoms with E-state index in [-0.39, 0.29) is 17.5 Å². The topological polar surface area (TPSA) is 96.6 Å². The molecule has 120 valence electrons. The van der Waals surface area contributed by atoms with Crippen molar-refractivity contribution in [2.45, 2.75) is 13.8 Å². The third-order valence-corrected chi connectivity index (χ3v) is 3.97. The van der Waals surface area contributed by atoms with Crippen LogP contribution in [0.5, 0.6) is 0 Å². The standard InChI is InChI=1S/C15H16N4O3S/c1-10-3-5-13(11(2)7-10)16-9-14(20)18-17-8-12-4-6-15(23-12)19(21)22/h3-8,16H,9H2,1-2H3,(H,18,20)/b17-8-. The van der Waals surface area contributed by atoms with Gasteiger partial charge in [-0.25, -0.2) is 5.43 Å². The SMILES string of the molecule is Cc1ccc(NCC(=O)N/N=C\c2ccc([N+](=O)[O-])s2)c(C)c1. The average Bonchev–Trinajstić information content (AvgIpc) is 2.95. The van der Waals surface area contributed by atoms with Gasteiger partial charge >= 0.3 is 5.00 Å². The lowest BCUT2D eigenvalue weighted by molar-refractivity contribution is -0.380. The van der Waals surface area contributed by atoms with E-state index in [1.807, 2.05) is 32.0 Å². The summed E-state index contributed by atoms with van der Waals surface area (Å²) in [5, 5.41) is 17.4. The van der Waals surface area contributed by atoms with Crippen LogP contribution in [0.3, 0.4) is 0 Å². The summed E-state index contributed by atoms with van der Waals surface area (Å²) >= 11 is 0.991. The van der Waals surface area contributed by atoms with Gasteiger partial charge in [0.15, 0.2) is 0 Å². The number of hydrogen-bond acceptors (Lipinski definition) is 6. The number of carbonyl (C=O) groups excluding carboxylic acids is 1. The lowest BCUT2D eigenvalue weighted by atomic mass is 10.1. The highest BCUT2D eigenvalue weighted by Crippen LogP contribution is 2.22. The third kappa shape index (κ3) is 4.89. The Kier molecular flexibility index (Phi) is 5.42. The molecular weight excluding hydrogens is 316 g/mol. The van der Waals surface area contributed by atoms with E-state index in [1.54, 1.807) is 6.07 Å². The van der Waals surface area contributed by atoms with Crippen molar-refractivity contribution in [3.05, 3.63) is 56.5 Å². The van der Waals surface area contributed by atoms with Gasteiger partial charge in [-0.05, 0) is 31.5 Å². The van der Waals surface area contributed by atoms with E-state index in [1.165, 1.54) is 12.3 Å². The van der Waals surface area contributed by atoms with Crippen LogP contribution in [0.2, 0.25) is 0 Å². The quantitative estimate of drug-likeness (QED) is 0.483. The number of nitrogens with one attached hydrogen (secondary N) is 2. The molecule has 0 saturated heterocycles. The highest BCUT2D eigenvalue weighted by molar-refractivity contribution is 7.16. The number of benzene rings is 1. The average molecular weight is 332 g/mol. The molecule has 7 nitrogen and oxygen atoms in total. The zero-order chi connectivity index (χ0) is 16.8. The zero-order valence-electron chi connectivity index (χ0n) is 12.7. The molecule has 23 heavy (non-hydrogen) atoms. The van der Waals surface area contributed by atoms with Gasteiger partial charge in [0.2, 0.25) is 0 Å². The van der Waals surface area contributed by atoms with E-state index < -0.39 is 4.92 Å². The van der Waals surface area contributed by atoms with Crippen LogP contribution < -0.4 is 10.7 Å². The Labute approximate surface area is 137 Å². The number of nitrogens with zero attached hydrogens (tertiary/aromatic N) is 2. The monoisotopic (exact) mass is 332 g/mol. The summed E-state index contributed by atoms with van der Waals surface area (Å²) in [6.07, 6.45) is 1.38. The van der Waals surface area contributed by atoms with Crippen LogP contribution in [0.25, 0.3) is 0 Å². The van der Waals surface area contributed by atoms with E-state index in [9.17, 15) is 14.9 Å². The number of nitro groups is 1. The predicted octanol–water partition coefficient (Wildman–Crippen LogP) is 2.84. The van der Waals surface area contributed by atoms with Gasteiger partial charge in [0, 0.05) is 11.8 Å². The molecule has 8 heteroatoms. The molecule has 2 aromatic rings. The van der Waals surface area contributed by atoms with Crippen LogP contribution in [0.1, 0.15) is 16.0 Å². The first-order valence-electron chi connectivity index (χ1n) is 6.83. The number of anilines is 1. The summed E-state index contributed by atoms with van der Waals surface area (Å²) in [7, 11) is 0. The third-order valence-electron chi connectivity index (χ3n) is 2.99. The van der Waals surface area contributed by atoms with Crippen molar-refractivity contribution in [1.29, 1.82) is 0 Å². The van der Waals surface area contributed by atoms with Gasteiger partial charge in [-0.15, -0.1) is 0 Å². The Hall–Kier alpha value is -2.74. The van der Waals surface area contributed by atoms with Crippen LogP contribution in [0.4, 0.5) is 10.7 Å². The molecule has 1 aromatic heterocycles. The van der Waals surface area contributed by atoms with E-state index >= 15 is 0 Å². The second-order valence-corrected chi connectivity index (χ2v) is 5.99. The van der Waals surface area contributed by atoms with Gasteiger partial charge in [-0.1, -0.05) is 29.0 Å². The van der Waals surface area contributed by atoms with E-state index in [2.05, 4.69) is 15.8 Å². The number of aryl methyl sites for hydroxylation is 2. The fourth-order valence-electron chi connectivity index (χ4n) is 1.90. The lowest BCUT2D eigenvalue weighted by Crippen LogP contribution is -2.26. The second-order valence-electron chi connectivity index (χ2n) is 4.90. The summed E-state index contributed by atoms with van der Waals surface area (Å²) in [6.45, 7) is 4.06. The number of thiophene rings is 1. The molecule has 0 aliphatic rings. The maximum atomic E-state index is 11.7. The van der Waals surface area contributed by atoms with E-state index in [4.69, 9.17) is 0 Å². The van der Waals surface area contributed by atoms with Gasteiger partial charge in [0.1, 0.15) is 0 Å². The Bertz CT molecular complexity index is 755. The van der Waals surface area contributed by atoms with Gasteiger partial charge < -0.3 is 5.32 Å². The minimum Gasteiger partial charge on any atom is -0.376 e. The molecule has 0 fully saturated rings. The Morgan fingerprint density at radius 1 is 1.35 bits per heavy atom. The molecular formula is C15H16N4O3S. The number of rotatable bonds is 6. The highest BCUT2D eigenvalue weighted by Gasteiger charge is 2.08. The first kappa shape index (κ1) is 16.6. The number of hydrogen-bond donors (Lipinski definition) is 2. The van der Waals surface area contributed by atoms with Crippen LogP contribution in [0.15, 0.2) is 35.4 Å². The van der Waals surface area contributed by atoms with Gasteiger partial charge in [-0.2, -0.15) is 5.10 Å². The molecule has 0 atom stereocenters. The molecule has 1 heterocycles. The summed E-state index contributed by atoms with van der Waals surface area (Å²) in [4.78, 5) is 22.4. The maximum absolute atomic E-state index is 11.7. The van der Waals surface area contributed by atoms with Crippen molar-refractivity contribution in [2.75, 3.05) is 11.9 Å². The highest BCUT2D eigenvalue weighted by atomic mass is 32.1. The van der Waals surface area contributed by atoms with Crippen molar-refractivity contribution in [1.82, 2.24) is 5.43 Å². The van der Waals surface area contributed by atoms with E-state index in [0.717, 1.165) is 28.2 Å². The zero-order valence-corrected chi connectivity index (χ0v) is 13.5. The second kappa shape index (κ2) is 7.50. The molecule has 1 amide bonds. The van der Waals surface area contributed by atoms with Crippen molar-refractivity contribution in [2.24, 2.45) is 5.10 Å². The molecule has 0 bridgehead atoms. The molecule has 2 rings (SSSR count). The Morgan fingerprint density at radius 2 is 2.13 bits per heavy atom. The van der Waals surface area contributed by atoms with Crippen molar-refractivity contribution in [3.63, 3.8) is 0 Å². The van der Waals surface area contributed by atoms with Gasteiger partial charge in [-0.3, -0.25) is 14.9 Å². The normalized spacial score (nSPS) is 10.7. The lowest BCUT2D eigenvalue weighted by Gasteiger charge is -2.09. The van der Waals surface area contributed by atoms with Crippen molar-refractivity contribution < 1.29 is 9.72 Å². The van der Waals surface area contributed by atoms with Gasteiger partial charge in [0.25, 0.3) is 5.91 Å². The Morgan fingerprint density at radius 3 is 2.78 bits per heavy atom. The molecule has 1 aromatic carbocycles. The Balaban J connectivity index is 1.82. The molecule has 2 N–H and O–H groups in total. The van der Waals surface area contributed by atoms with Crippen molar-refractivity contribution >= 4 is 34.1 Å². The van der Waals surface area contributed by atoms with Crippen LogP contribution in [-0.4, -0.2) is 23.6 Å². The minimum absolute atomic E-state index is 0.0364. The molecule has 0 aliphatic heterocycles. The summed E-state index contributed by atoms with van der Waals surface area (Å²) < 4.78 is 0. The van der Waals surface area contributed by atoms with Crippen LogP contribution >= 0.6 is 11.3 Å². The fourth-order valence-corrected chi connectivity index (χ4v) is 2.60. The number of amides is 1. The number of hydrazone groups is 1. The molecule has 0 spiro atoms. The predicted molar refractivity (Wildman–Crippen MR) is 91.1 cm³/mol. The number of carbonyl (C=O) groups is 1. The largest absolute Gasteiger partial charge is 0.376 e. The molecule has 0 saturated carbocycles. The summed E-state index contributed by atoms with van der Waals surface area (Å²) in [6, 6.07) is 8.89. The molecule has 0 radical (unpaired) electrons. The smallest absolute Gasteiger partial charge is 0.324 e. The maximum Gasteiger partial charge on any atom is 0.324 e. The summed E-state index contributed by atoms with van der Waals surface area (Å²) in [5.41, 5.74) is 5.49. The van der Waals surface area contributed by atoms with Gasteiger partial charge in [0.05, 0.1) is 22.6 Å². The van der Waals surface area contributed by atoms with Crippen molar-refractivity contribution in [3.8, 4) is 0 Å². The first-order chi connectivity index (χ1) is 11.0. The fraction of sp³-hybridized carbons (Fsp3) is 0.200. The summed E-state index contributed by atoms with van der Waals surface area (Å²) in [5.74, 6) is -0.299. The van der Waals surface area contributed by atoms with Crippen LogP contribution in [0, 0.1) is 24.0 Å². The molecule has 0 unspecified atom stereocenters. The minimum atomic E-state index is -0.464.